The lowest BCUT2D eigenvalue weighted by molar-refractivity contribution is -0.143. The highest BCUT2D eigenvalue weighted by molar-refractivity contribution is 5.90. The summed E-state index contributed by atoms with van der Waals surface area (Å²) in [5.74, 6) is 0. The first-order valence-corrected chi connectivity index (χ1v) is 12.9. The lowest BCUT2D eigenvalue weighted by Crippen LogP contribution is -2.50. The van der Waals surface area contributed by atoms with Gasteiger partial charge in [0.2, 0.25) is 0 Å². The van der Waals surface area contributed by atoms with Crippen molar-refractivity contribution in [2.75, 3.05) is 9.91 Å². The van der Waals surface area contributed by atoms with Gasteiger partial charge in [-0.3, -0.25) is 9.91 Å². The summed E-state index contributed by atoms with van der Waals surface area (Å²) in [6.45, 7) is 4.20. The Morgan fingerprint density at radius 1 is 0.953 bits per heavy atom. The summed E-state index contributed by atoms with van der Waals surface area (Å²) in [7, 11) is 0. The van der Waals surface area contributed by atoms with Crippen LogP contribution >= 0.6 is 0 Å². The van der Waals surface area contributed by atoms with Crippen LogP contribution in [0.25, 0.3) is 0 Å². The molecule has 0 N–H and O–H groups in total. The van der Waals surface area contributed by atoms with Gasteiger partial charge in [0, 0.05) is 11.6 Å². The molecular weight excluding hydrogens is 599 g/mol. The highest BCUT2D eigenvalue weighted by Gasteiger charge is 2.42. The Labute approximate surface area is 239 Å². The maximum absolute atomic E-state index is 13.8. The minimum Gasteiger partial charge on any atom is -0.446 e. The predicted octanol–water partition coefficient (Wildman–Crippen LogP) is 7.14. The van der Waals surface area contributed by atoms with E-state index in [1.807, 2.05) is 0 Å². The number of carbonyl (C=O) groups is 1. The fraction of sp³-hybridized carbons (Fsp3) is 0.462. The second-order valence-electron chi connectivity index (χ2n) is 10.1. The first-order chi connectivity index (χ1) is 19.9. The van der Waals surface area contributed by atoms with Crippen LogP contribution in [0, 0.1) is 0 Å². The summed E-state index contributed by atoms with van der Waals surface area (Å²) < 4.78 is 128. The number of alkyl halides is 9. The molecule has 1 aliphatic heterocycles. The van der Waals surface area contributed by atoms with Gasteiger partial charge in [0.05, 0.1) is 41.1 Å². The average molecular weight is 625 g/mol. The molecule has 0 bridgehead atoms. The summed E-state index contributed by atoms with van der Waals surface area (Å²) in [6.07, 6.45) is -15.3. The number of anilines is 1. The molecule has 2 heterocycles. The smallest absolute Gasteiger partial charge is 0.416 e. The number of hydrogen-bond acceptors (Lipinski definition) is 6. The Morgan fingerprint density at radius 3 is 2.05 bits per heavy atom. The van der Waals surface area contributed by atoms with Crippen LogP contribution in [0.15, 0.2) is 42.7 Å². The summed E-state index contributed by atoms with van der Waals surface area (Å²) in [5, 5.41) is 11.9. The third-order valence-corrected chi connectivity index (χ3v) is 6.79. The Hall–Kier alpha value is -4.05. The fourth-order valence-corrected chi connectivity index (χ4v) is 4.94. The standard InChI is InChI=1S/C26H25F9N6O2/c1-4-19-11-22(20-10-16(24(27,28)29)5-6-21(20)41(19)23(42)43-14(2)3)39(40-13-36-37-38-40)12-15-7-17(25(30,31)32)9-18(8-15)26(33,34)35/h5-10,13-14,19,22H,4,11-12H2,1-3H3/t19-,22+/m1/s1. The maximum atomic E-state index is 13.8. The number of carbonyl (C=O) groups excluding carboxylic acids is 1. The van der Waals surface area contributed by atoms with Crippen molar-refractivity contribution >= 4 is 11.8 Å². The lowest BCUT2D eigenvalue weighted by Gasteiger charge is -2.44. The van der Waals surface area contributed by atoms with E-state index in [1.54, 1.807) is 20.8 Å². The van der Waals surface area contributed by atoms with Gasteiger partial charge in [-0.25, -0.2) is 4.79 Å². The number of halogens is 9. The molecule has 2 atom stereocenters. The zero-order valence-corrected chi connectivity index (χ0v) is 22.8. The molecule has 2 aromatic carbocycles. The van der Waals surface area contributed by atoms with Crippen molar-refractivity contribution < 1.29 is 49.0 Å². The van der Waals surface area contributed by atoms with Crippen molar-refractivity contribution in [2.45, 2.75) is 76.9 Å². The number of rotatable bonds is 6. The van der Waals surface area contributed by atoms with E-state index in [9.17, 15) is 44.3 Å². The third kappa shape index (κ3) is 6.96. The number of benzene rings is 2. The van der Waals surface area contributed by atoms with Crippen LogP contribution in [-0.2, 0) is 29.8 Å². The van der Waals surface area contributed by atoms with Crippen molar-refractivity contribution in [3.63, 3.8) is 0 Å². The number of hydrogen-bond donors (Lipinski definition) is 0. The Bertz CT molecular complexity index is 1410. The number of aromatic nitrogens is 4. The van der Waals surface area contributed by atoms with E-state index in [1.165, 1.54) is 4.90 Å². The number of amides is 1. The van der Waals surface area contributed by atoms with Crippen LogP contribution in [0.2, 0.25) is 0 Å². The van der Waals surface area contributed by atoms with Crippen LogP contribution in [0.3, 0.4) is 0 Å². The van der Waals surface area contributed by atoms with Gasteiger partial charge in [0.15, 0.2) is 6.33 Å². The van der Waals surface area contributed by atoms with E-state index >= 15 is 0 Å². The molecule has 3 aromatic rings. The lowest BCUT2D eigenvalue weighted by atomic mass is 9.88. The van der Waals surface area contributed by atoms with Gasteiger partial charge in [0.1, 0.15) is 0 Å². The first-order valence-electron chi connectivity index (χ1n) is 12.9. The summed E-state index contributed by atoms with van der Waals surface area (Å²) in [5.41, 5.74) is -4.73. The van der Waals surface area contributed by atoms with E-state index in [2.05, 4.69) is 15.5 Å². The quantitative estimate of drug-likeness (QED) is 0.272. The highest BCUT2D eigenvalue weighted by atomic mass is 19.4. The molecule has 43 heavy (non-hydrogen) atoms. The zero-order chi connectivity index (χ0) is 31.9. The molecule has 234 valence electrons. The SMILES string of the molecule is CC[C@@H]1C[C@H](N(Cc2cc(C(F)(F)F)cc(C(F)(F)F)c2)n2cnnn2)c2cc(C(F)(F)F)ccc2N1C(=O)OC(C)C. The van der Waals surface area contributed by atoms with E-state index < -0.39 is 71.6 Å². The first kappa shape index (κ1) is 31.9. The normalized spacial score (nSPS) is 17.7. The van der Waals surface area contributed by atoms with Gasteiger partial charge in [-0.1, -0.05) is 6.92 Å². The molecule has 0 radical (unpaired) electrons. The van der Waals surface area contributed by atoms with Gasteiger partial charge in [-0.05, 0) is 79.1 Å². The zero-order valence-electron chi connectivity index (χ0n) is 22.8. The Balaban J connectivity index is 1.91. The molecule has 0 aliphatic carbocycles. The van der Waals surface area contributed by atoms with Crippen molar-refractivity contribution in [1.29, 1.82) is 0 Å². The molecule has 1 aromatic heterocycles. The number of tetrazole rings is 1. The van der Waals surface area contributed by atoms with Crippen LogP contribution in [0.5, 0.6) is 0 Å². The molecule has 0 saturated carbocycles. The predicted molar refractivity (Wildman–Crippen MR) is 133 cm³/mol. The molecule has 1 amide bonds. The molecule has 1 aliphatic rings. The number of fused-ring (bicyclic) bond motifs is 1. The van der Waals surface area contributed by atoms with E-state index in [0.29, 0.717) is 12.1 Å². The topological polar surface area (TPSA) is 76.4 Å². The van der Waals surface area contributed by atoms with Gasteiger partial charge in [-0.15, -0.1) is 9.89 Å². The Morgan fingerprint density at radius 2 is 1.56 bits per heavy atom. The minimum atomic E-state index is -5.13. The van der Waals surface area contributed by atoms with E-state index in [-0.39, 0.29) is 30.2 Å². The van der Waals surface area contributed by atoms with Crippen LogP contribution in [0.4, 0.5) is 50.0 Å². The molecular formula is C26H25F9N6O2. The molecule has 0 saturated heterocycles. The largest absolute Gasteiger partial charge is 0.446 e. The van der Waals surface area contributed by atoms with Crippen molar-refractivity contribution in [2.24, 2.45) is 0 Å². The van der Waals surface area contributed by atoms with Gasteiger partial charge >= 0.3 is 24.6 Å². The van der Waals surface area contributed by atoms with Crippen LogP contribution in [0.1, 0.15) is 67.5 Å². The van der Waals surface area contributed by atoms with Gasteiger partial charge in [-0.2, -0.15) is 39.5 Å². The molecule has 0 unspecified atom stereocenters. The van der Waals surface area contributed by atoms with Gasteiger partial charge < -0.3 is 4.74 Å². The molecule has 4 rings (SSSR count). The average Bonchev–Trinajstić information content (AvgIpc) is 3.43. The third-order valence-electron chi connectivity index (χ3n) is 6.79. The molecule has 0 spiro atoms. The van der Waals surface area contributed by atoms with Crippen LogP contribution < -0.4 is 9.91 Å². The minimum absolute atomic E-state index is 0.0261. The van der Waals surface area contributed by atoms with E-state index in [0.717, 1.165) is 34.3 Å². The maximum Gasteiger partial charge on any atom is 0.416 e. The summed E-state index contributed by atoms with van der Waals surface area (Å²) in [4.78, 5) is 15.2. The molecule has 0 fully saturated rings. The molecule has 8 nitrogen and oxygen atoms in total. The second-order valence-corrected chi connectivity index (χ2v) is 10.1. The van der Waals surface area contributed by atoms with Crippen molar-refractivity contribution in [1.82, 2.24) is 20.3 Å². The second kappa shape index (κ2) is 11.6. The highest BCUT2D eigenvalue weighted by Crippen LogP contribution is 2.45. The van der Waals surface area contributed by atoms with Crippen molar-refractivity contribution in [3.05, 3.63) is 70.5 Å². The number of nitrogens with zero attached hydrogens (tertiary/aromatic N) is 6. The Kier molecular flexibility index (Phi) is 8.57. The van der Waals surface area contributed by atoms with Crippen molar-refractivity contribution in [3.8, 4) is 0 Å². The molecule has 17 heteroatoms. The van der Waals surface area contributed by atoms with Gasteiger partial charge in [0.25, 0.3) is 0 Å². The summed E-state index contributed by atoms with van der Waals surface area (Å²) in [6, 6.07) is 1.82. The number of ether oxygens (including phenoxy) is 1. The van der Waals surface area contributed by atoms with E-state index in [4.69, 9.17) is 4.74 Å². The van der Waals surface area contributed by atoms with Crippen LogP contribution in [-0.4, -0.2) is 38.6 Å². The fourth-order valence-electron chi connectivity index (χ4n) is 4.94. The monoisotopic (exact) mass is 624 g/mol. The summed E-state index contributed by atoms with van der Waals surface area (Å²) >= 11 is 0.